The van der Waals surface area contributed by atoms with Crippen LogP contribution in [-0.4, -0.2) is 22.2 Å². The summed E-state index contributed by atoms with van der Waals surface area (Å²) >= 11 is 5.19. The van der Waals surface area contributed by atoms with Crippen LogP contribution in [0.5, 0.6) is 0 Å². The fourth-order valence-corrected chi connectivity index (χ4v) is 0.560. The van der Waals surface area contributed by atoms with Crippen LogP contribution < -0.4 is 5.73 Å². The third-order valence-corrected chi connectivity index (χ3v) is 1.02. The first-order chi connectivity index (χ1) is 4.54. The minimum Gasteiger partial charge on any atom is -0.477 e. The number of nitrogens with two attached hydrogens (primary N) is 1. The molecule has 7 heteroatoms. The number of carboxylic acids is 1. The maximum atomic E-state index is 10.2. The van der Waals surface area contributed by atoms with Gasteiger partial charge in [-0.25, -0.2) is 4.79 Å². The maximum Gasteiger partial charge on any atom is 0.372 e. The minimum absolute atomic E-state index is 0.245. The third kappa shape index (κ3) is 0.981. The van der Waals surface area contributed by atoms with Gasteiger partial charge in [-0.3, -0.25) is 5.73 Å². The lowest BCUT2D eigenvalue weighted by molar-refractivity contribution is -0.142. The molecule has 0 amide bonds. The second kappa shape index (κ2) is 1.99. The van der Waals surface area contributed by atoms with E-state index in [1.807, 2.05) is 0 Å². The number of carboxylic acid groups (broad SMARTS) is 1. The van der Waals surface area contributed by atoms with E-state index in [4.69, 9.17) is 22.4 Å². The van der Waals surface area contributed by atoms with Crippen molar-refractivity contribution in [2.45, 2.75) is 5.79 Å². The van der Waals surface area contributed by atoms with Crippen LogP contribution in [0.1, 0.15) is 0 Å². The number of aliphatic carboxylic acids is 1. The van der Waals surface area contributed by atoms with E-state index in [9.17, 15) is 4.79 Å². The predicted molar refractivity (Wildman–Crippen MR) is 32.7 cm³/mol. The van der Waals surface area contributed by atoms with Crippen molar-refractivity contribution < 1.29 is 9.90 Å². The predicted octanol–water partition coefficient (Wildman–Crippen LogP) is -0.256. The quantitative estimate of drug-likeness (QED) is 0.520. The van der Waals surface area contributed by atoms with E-state index in [1.165, 1.54) is 0 Å². The summed E-state index contributed by atoms with van der Waals surface area (Å²) in [6.07, 6.45) is 0. The molecule has 0 spiro atoms. The number of amidine groups is 1. The molecule has 0 aliphatic carbocycles. The van der Waals surface area contributed by atoms with E-state index in [0.29, 0.717) is 0 Å². The Kier molecular flexibility index (Phi) is 1.42. The minimum atomic E-state index is -2.00. The van der Waals surface area contributed by atoms with Crippen LogP contribution in [0.15, 0.2) is 15.2 Å². The standard InChI is InChI=1S/C3H3ClN4O2/c4-2-6-3(5,1(9)10)8-7-2/h5H2,(H,9,10). The molecule has 1 heterocycles. The van der Waals surface area contributed by atoms with E-state index >= 15 is 0 Å². The molecule has 0 aromatic heterocycles. The van der Waals surface area contributed by atoms with Gasteiger partial charge < -0.3 is 5.11 Å². The fourth-order valence-electron chi connectivity index (χ4n) is 0.393. The zero-order valence-electron chi connectivity index (χ0n) is 4.65. The maximum absolute atomic E-state index is 10.2. The first-order valence-corrected chi connectivity index (χ1v) is 2.63. The Balaban J connectivity index is 2.95. The average molecular weight is 163 g/mol. The Labute approximate surface area is 60.4 Å². The summed E-state index contributed by atoms with van der Waals surface area (Å²) in [6.45, 7) is 0. The molecule has 0 aromatic carbocycles. The first kappa shape index (κ1) is 7.10. The van der Waals surface area contributed by atoms with Gasteiger partial charge in [0.15, 0.2) is 0 Å². The number of hydrogen-bond donors (Lipinski definition) is 2. The highest BCUT2D eigenvalue weighted by atomic mass is 35.5. The van der Waals surface area contributed by atoms with Gasteiger partial charge in [0.05, 0.1) is 0 Å². The number of carbonyl (C=O) groups is 1. The van der Waals surface area contributed by atoms with Crippen LogP contribution in [0.4, 0.5) is 0 Å². The summed E-state index contributed by atoms with van der Waals surface area (Å²) in [7, 11) is 0. The summed E-state index contributed by atoms with van der Waals surface area (Å²) in [5.41, 5.74) is 5.06. The highest BCUT2D eigenvalue weighted by Gasteiger charge is 2.37. The van der Waals surface area contributed by atoms with Crippen molar-refractivity contribution in [1.82, 2.24) is 0 Å². The van der Waals surface area contributed by atoms with Crippen LogP contribution in [0.25, 0.3) is 0 Å². The highest BCUT2D eigenvalue weighted by molar-refractivity contribution is 6.65. The molecule has 3 N–H and O–H groups in total. The van der Waals surface area contributed by atoms with Crippen LogP contribution in [-0.2, 0) is 4.79 Å². The van der Waals surface area contributed by atoms with Gasteiger partial charge >= 0.3 is 11.8 Å². The molecule has 0 bridgehead atoms. The van der Waals surface area contributed by atoms with Crippen LogP contribution in [0.2, 0.25) is 0 Å². The number of azo groups is 1. The SMILES string of the molecule is NC1(C(=O)O)N=NC(Cl)=N1. The van der Waals surface area contributed by atoms with Crippen molar-refractivity contribution in [2.75, 3.05) is 0 Å². The summed E-state index contributed by atoms with van der Waals surface area (Å²) in [5.74, 6) is -3.39. The van der Waals surface area contributed by atoms with Crippen molar-refractivity contribution in [3.05, 3.63) is 0 Å². The van der Waals surface area contributed by atoms with E-state index in [1.54, 1.807) is 0 Å². The topological polar surface area (TPSA) is 100 Å². The lowest BCUT2D eigenvalue weighted by atomic mass is 10.4. The smallest absolute Gasteiger partial charge is 0.372 e. The molecule has 1 rings (SSSR count). The van der Waals surface area contributed by atoms with Gasteiger partial charge in [-0.05, 0) is 11.6 Å². The van der Waals surface area contributed by atoms with Crippen molar-refractivity contribution in [2.24, 2.45) is 21.0 Å². The van der Waals surface area contributed by atoms with E-state index in [2.05, 4.69) is 15.2 Å². The van der Waals surface area contributed by atoms with Gasteiger partial charge in [0.25, 0.3) is 0 Å². The molecule has 1 atom stereocenters. The van der Waals surface area contributed by atoms with Crippen molar-refractivity contribution in [3.8, 4) is 0 Å². The zero-order chi connectivity index (χ0) is 7.78. The average Bonchev–Trinajstić information content (AvgIpc) is 2.13. The fraction of sp³-hybridized carbons (Fsp3) is 0.333. The summed E-state index contributed by atoms with van der Waals surface area (Å²) in [5, 5.41) is 14.4. The van der Waals surface area contributed by atoms with Crippen molar-refractivity contribution >= 4 is 22.9 Å². The Morgan fingerprint density at radius 3 is 2.60 bits per heavy atom. The lowest BCUT2D eigenvalue weighted by Gasteiger charge is -2.06. The van der Waals surface area contributed by atoms with Gasteiger partial charge in [0, 0.05) is 0 Å². The van der Waals surface area contributed by atoms with Gasteiger partial charge in [-0.2, -0.15) is 4.99 Å². The van der Waals surface area contributed by atoms with Gasteiger partial charge in [-0.15, -0.1) is 10.2 Å². The Hall–Kier alpha value is -1.01. The number of aliphatic imine (C=N–C) groups is 1. The molecule has 10 heavy (non-hydrogen) atoms. The molecule has 6 nitrogen and oxygen atoms in total. The summed E-state index contributed by atoms with van der Waals surface area (Å²) in [6, 6.07) is 0. The Bertz CT molecular complexity index is 237. The molecular weight excluding hydrogens is 160 g/mol. The molecule has 54 valence electrons. The molecule has 0 saturated heterocycles. The van der Waals surface area contributed by atoms with E-state index < -0.39 is 11.8 Å². The molecule has 0 saturated carbocycles. The Morgan fingerprint density at radius 2 is 2.40 bits per heavy atom. The first-order valence-electron chi connectivity index (χ1n) is 2.25. The van der Waals surface area contributed by atoms with Crippen molar-refractivity contribution in [1.29, 1.82) is 0 Å². The number of nitrogens with zero attached hydrogens (tertiary/aromatic N) is 3. The summed E-state index contributed by atoms with van der Waals surface area (Å²) in [4.78, 5) is 13.5. The lowest BCUT2D eigenvalue weighted by Crippen LogP contribution is -2.42. The van der Waals surface area contributed by atoms with Gasteiger partial charge in [0.1, 0.15) is 0 Å². The van der Waals surface area contributed by atoms with Crippen LogP contribution in [0, 0.1) is 0 Å². The third-order valence-electron chi connectivity index (χ3n) is 0.862. The number of hydrogen-bond acceptors (Lipinski definition) is 5. The van der Waals surface area contributed by atoms with E-state index in [-0.39, 0.29) is 5.29 Å². The van der Waals surface area contributed by atoms with Gasteiger partial charge in [0.2, 0.25) is 5.29 Å². The normalized spacial score (nSPS) is 30.4. The highest BCUT2D eigenvalue weighted by Crippen LogP contribution is 2.15. The Morgan fingerprint density at radius 1 is 1.80 bits per heavy atom. The molecule has 0 fully saturated rings. The molecule has 1 aliphatic rings. The molecule has 1 aliphatic heterocycles. The molecular formula is C3H3ClN4O2. The van der Waals surface area contributed by atoms with Gasteiger partial charge in [-0.1, -0.05) is 0 Å². The second-order valence-corrected chi connectivity index (χ2v) is 1.95. The number of halogens is 1. The van der Waals surface area contributed by atoms with E-state index in [0.717, 1.165) is 0 Å². The number of rotatable bonds is 1. The molecule has 1 unspecified atom stereocenters. The largest absolute Gasteiger partial charge is 0.477 e. The zero-order valence-corrected chi connectivity index (χ0v) is 5.41. The monoisotopic (exact) mass is 162 g/mol. The molecule has 0 aromatic rings. The van der Waals surface area contributed by atoms with Crippen LogP contribution >= 0.6 is 11.6 Å². The second-order valence-electron chi connectivity index (χ2n) is 1.61. The molecule has 0 radical (unpaired) electrons. The van der Waals surface area contributed by atoms with Crippen LogP contribution in [0.3, 0.4) is 0 Å². The summed E-state index contributed by atoms with van der Waals surface area (Å²) < 4.78 is 0. The van der Waals surface area contributed by atoms with Crippen molar-refractivity contribution in [3.63, 3.8) is 0 Å².